The van der Waals surface area contributed by atoms with Gasteiger partial charge in [-0.3, -0.25) is 4.98 Å². The molecule has 1 aromatic heterocycles. The molecule has 0 saturated carbocycles. The highest BCUT2D eigenvalue weighted by atomic mass is 35.5. The standard InChI is InChI=1S/C11H24O3Si.C5H5N.ClH/c1-5-7-10-8-6-9-15(13-3,14-4)11(10)12-2;1-2-4-6-5-3-1;/h10-11H,5-9H2,1-4H3;1-5H;1H. The van der Waals surface area contributed by atoms with Crippen LogP contribution < -0.4 is 0 Å². The normalized spacial score (nSPS) is 22.9. The number of ether oxygens (including phenoxy) is 1. The van der Waals surface area contributed by atoms with Crippen molar-refractivity contribution in [1.29, 1.82) is 0 Å². The monoisotopic (exact) mass is 347 g/mol. The number of rotatable bonds is 5. The summed E-state index contributed by atoms with van der Waals surface area (Å²) < 4.78 is 17.1. The molecule has 2 heterocycles. The van der Waals surface area contributed by atoms with Crippen molar-refractivity contribution >= 4 is 21.0 Å². The second kappa shape index (κ2) is 12.0. The van der Waals surface area contributed by atoms with Gasteiger partial charge in [-0.25, -0.2) is 0 Å². The molecule has 0 radical (unpaired) electrons. The lowest BCUT2D eigenvalue weighted by Crippen LogP contribution is -2.58. The summed E-state index contributed by atoms with van der Waals surface area (Å²) in [7, 11) is 3.26. The zero-order chi connectivity index (χ0) is 15.6. The van der Waals surface area contributed by atoms with Crippen LogP contribution in [0, 0.1) is 5.92 Å². The molecule has 0 N–H and O–H groups in total. The molecule has 128 valence electrons. The average Bonchev–Trinajstić information content (AvgIpc) is 2.57. The van der Waals surface area contributed by atoms with E-state index in [0.717, 1.165) is 6.04 Å². The van der Waals surface area contributed by atoms with Crippen molar-refractivity contribution < 1.29 is 13.6 Å². The van der Waals surface area contributed by atoms with Crippen LogP contribution in [0.5, 0.6) is 0 Å². The first-order valence-corrected chi connectivity index (χ1v) is 9.82. The van der Waals surface area contributed by atoms with Crippen molar-refractivity contribution in [3.05, 3.63) is 30.6 Å². The van der Waals surface area contributed by atoms with E-state index in [9.17, 15) is 0 Å². The van der Waals surface area contributed by atoms with Crippen LogP contribution in [-0.2, 0) is 13.6 Å². The molecule has 6 heteroatoms. The predicted molar refractivity (Wildman–Crippen MR) is 94.5 cm³/mol. The van der Waals surface area contributed by atoms with Crippen LogP contribution in [0.3, 0.4) is 0 Å². The molecular formula is C16H30ClNO3Si. The highest BCUT2D eigenvalue weighted by Gasteiger charge is 2.50. The molecule has 1 aliphatic rings. The smallest absolute Gasteiger partial charge is 0.367 e. The molecule has 0 amide bonds. The third kappa shape index (κ3) is 5.97. The van der Waals surface area contributed by atoms with Crippen LogP contribution in [0.4, 0.5) is 0 Å². The fraction of sp³-hybridized carbons (Fsp3) is 0.688. The van der Waals surface area contributed by atoms with Crippen molar-refractivity contribution in [2.75, 3.05) is 21.3 Å². The molecule has 2 rings (SSSR count). The van der Waals surface area contributed by atoms with Gasteiger partial charge in [-0.15, -0.1) is 12.4 Å². The summed E-state index contributed by atoms with van der Waals surface area (Å²) in [5.41, 5.74) is 0.209. The van der Waals surface area contributed by atoms with E-state index >= 15 is 0 Å². The number of nitrogens with zero attached hydrogens (tertiary/aromatic N) is 1. The largest absolute Gasteiger partial charge is 0.396 e. The van der Waals surface area contributed by atoms with Gasteiger partial charge in [-0.2, -0.15) is 0 Å². The first kappa shape index (κ1) is 21.5. The maximum Gasteiger partial charge on any atom is 0.367 e. The van der Waals surface area contributed by atoms with Gasteiger partial charge >= 0.3 is 8.56 Å². The van der Waals surface area contributed by atoms with Crippen LogP contribution in [0.2, 0.25) is 6.04 Å². The first-order chi connectivity index (χ1) is 10.2. The Balaban J connectivity index is 0.000000529. The minimum Gasteiger partial charge on any atom is -0.396 e. The van der Waals surface area contributed by atoms with Gasteiger partial charge < -0.3 is 13.6 Å². The molecule has 0 bridgehead atoms. The Hall–Kier alpha value is -0.463. The van der Waals surface area contributed by atoms with E-state index in [1.165, 1.54) is 25.7 Å². The molecule has 0 spiro atoms. The zero-order valence-electron chi connectivity index (χ0n) is 14.2. The highest BCUT2D eigenvalue weighted by molar-refractivity contribution is 6.69. The number of methoxy groups -OCH3 is 1. The molecule has 1 aliphatic heterocycles. The maximum absolute atomic E-state index is 5.70. The van der Waals surface area contributed by atoms with Crippen molar-refractivity contribution in [1.82, 2.24) is 4.98 Å². The van der Waals surface area contributed by atoms with Crippen molar-refractivity contribution in [2.24, 2.45) is 5.92 Å². The van der Waals surface area contributed by atoms with Crippen molar-refractivity contribution in [3.8, 4) is 0 Å². The maximum atomic E-state index is 5.70. The summed E-state index contributed by atoms with van der Waals surface area (Å²) in [6, 6.07) is 6.78. The van der Waals surface area contributed by atoms with Gasteiger partial charge in [0.15, 0.2) is 0 Å². The summed E-state index contributed by atoms with van der Waals surface area (Å²) in [4.78, 5) is 3.78. The quantitative estimate of drug-likeness (QED) is 0.755. The fourth-order valence-electron chi connectivity index (χ4n) is 3.13. The fourth-order valence-corrected chi connectivity index (χ4v) is 6.57. The van der Waals surface area contributed by atoms with E-state index < -0.39 is 8.56 Å². The number of hydrogen-bond donors (Lipinski definition) is 0. The summed E-state index contributed by atoms with van der Waals surface area (Å²) in [5.74, 6) is 0.625. The number of halogens is 1. The predicted octanol–water partition coefficient (Wildman–Crippen LogP) is 3.99. The van der Waals surface area contributed by atoms with Crippen LogP contribution in [0.15, 0.2) is 30.6 Å². The lowest BCUT2D eigenvalue weighted by Gasteiger charge is -2.42. The minimum atomic E-state index is -2.08. The molecule has 0 aromatic carbocycles. The van der Waals surface area contributed by atoms with Crippen molar-refractivity contribution in [2.45, 2.75) is 44.4 Å². The van der Waals surface area contributed by atoms with Crippen LogP contribution in [0.1, 0.15) is 32.6 Å². The minimum absolute atomic E-state index is 0. The SMILES string of the molecule is CCCC1CCC[Si](OC)(OC)C1OC.Cl.c1ccncc1. The summed E-state index contributed by atoms with van der Waals surface area (Å²) in [5, 5.41) is 0. The van der Waals surface area contributed by atoms with Gasteiger partial charge in [0.05, 0.1) is 0 Å². The molecule has 1 aromatic rings. The molecular weight excluding hydrogens is 318 g/mol. The van der Waals surface area contributed by atoms with Gasteiger partial charge in [0.2, 0.25) is 0 Å². The average molecular weight is 348 g/mol. The topological polar surface area (TPSA) is 40.6 Å². The van der Waals surface area contributed by atoms with Gasteiger partial charge in [0.1, 0.15) is 5.73 Å². The van der Waals surface area contributed by atoms with Gasteiger partial charge in [0.25, 0.3) is 0 Å². The molecule has 22 heavy (non-hydrogen) atoms. The summed E-state index contributed by atoms with van der Waals surface area (Å²) >= 11 is 0. The Kier molecular flexibility index (Phi) is 11.8. The van der Waals surface area contributed by atoms with Gasteiger partial charge in [-0.1, -0.05) is 25.8 Å². The highest BCUT2D eigenvalue weighted by Crippen LogP contribution is 2.37. The third-order valence-corrected chi connectivity index (χ3v) is 8.14. The van der Waals surface area contributed by atoms with Gasteiger partial charge in [0, 0.05) is 33.7 Å². The lowest BCUT2D eigenvalue weighted by molar-refractivity contribution is 0.0398. The van der Waals surface area contributed by atoms with Crippen LogP contribution in [0.25, 0.3) is 0 Å². The number of pyridine rings is 1. The second-order valence-corrected chi connectivity index (χ2v) is 8.85. The van der Waals surface area contributed by atoms with E-state index in [0.29, 0.717) is 5.92 Å². The Bertz CT molecular complexity index is 337. The van der Waals surface area contributed by atoms with Gasteiger partial charge in [-0.05, 0) is 36.9 Å². The summed E-state index contributed by atoms with van der Waals surface area (Å²) in [6.07, 6.45) is 8.41. The Morgan fingerprint density at radius 1 is 1.09 bits per heavy atom. The zero-order valence-corrected chi connectivity index (χ0v) is 16.0. The number of aromatic nitrogens is 1. The Morgan fingerprint density at radius 2 is 1.73 bits per heavy atom. The van der Waals surface area contributed by atoms with E-state index in [1.807, 2.05) is 18.2 Å². The molecule has 4 nitrogen and oxygen atoms in total. The lowest BCUT2D eigenvalue weighted by atomic mass is 9.98. The molecule has 0 aliphatic carbocycles. The molecule has 1 saturated heterocycles. The van der Waals surface area contributed by atoms with E-state index in [4.69, 9.17) is 13.6 Å². The van der Waals surface area contributed by atoms with E-state index in [1.54, 1.807) is 33.7 Å². The molecule has 2 unspecified atom stereocenters. The van der Waals surface area contributed by atoms with Crippen LogP contribution >= 0.6 is 12.4 Å². The first-order valence-electron chi connectivity index (χ1n) is 7.72. The Labute approximate surface area is 142 Å². The second-order valence-electron chi connectivity index (χ2n) is 5.34. The third-order valence-electron chi connectivity index (χ3n) is 4.13. The van der Waals surface area contributed by atoms with E-state index in [-0.39, 0.29) is 18.1 Å². The molecule has 2 atom stereocenters. The van der Waals surface area contributed by atoms with Crippen LogP contribution in [-0.4, -0.2) is 40.6 Å². The Morgan fingerprint density at radius 3 is 2.09 bits per heavy atom. The summed E-state index contributed by atoms with van der Waals surface area (Å²) in [6.45, 7) is 2.23. The van der Waals surface area contributed by atoms with E-state index in [2.05, 4.69) is 11.9 Å². The molecule has 1 fully saturated rings. The van der Waals surface area contributed by atoms with Crippen molar-refractivity contribution in [3.63, 3.8) is 0 Å². The number of hydrogen-bond acceptors (Lipinski definition) is 4.